The van der Waals surface area contributed by atoms with Crippen LogP contribution < -0.4 is 21.3 Å². The lowest BCUT2D eigenvalue weighted by molar-refractivity contribution is -0.132. The van der Waals surface area contributed by atoms with E-state index in [9.17, 15) is 9.59 Å². The summed E-state index contributed by atoms with van der Waals surface area (Å²) in [6.07, 6.45) is 4.21. The second-order valence-corrected chi connectivity index (χ2v) is 9.09. The van der Waals surface area contributed by atoms with Gasteiger partial charge in [0.1, 0.15) is 18.0 Å². The first-order valence-corrected chi connectivity index (χ1v) is 11.6. The van der Waals surface area contributed by atoms with Crippen molar-refractivity contribution in [2.45, 2.75) is 63.3 Å². The van der Waals surface area contributed by atoms with Crippen LogP contribution in [0.5, 0.6) is 0 Å². The number of likely N-dealkylation sites (tertiary alicyclic amines) is 1. The van der Waals surface area contributed by atoms with E-state index in [2.05, 4.69) is 32.4 Å². The van der Waals surface area contributed by atoms with Gasteiger partial charge in [0.15, 0.2) is 11.6 Å². The van der Waals surface area contributed by atoms with Crippen LogP contribution in [-0.2, 0) is 9.53 Å². The molecule has 3 aliphatic heterocycles. The molecule has 176 valence electrons. The second kappa shape index (κ2) is 8.94. The molecule has 0 aromatic carbocycles. The van der Waals surface area contributed by atoms with Crippen molar-refractivity contribution in [3.05, 3.63) is 5.82 Å². The molecule has 2 atom stereocenters. The predicted octanol–water partition coefficient (Wildman–Crippen LogP) is 1.16. The molecule has 1 saturated carbocycles. The quantitative estimate of drug-likeness (QED) is 0.491. The van der Waals surface area contributed by atoms with E-state index in [1.165, 1.54) is 4.90 Å². The summed E-state index contributed by atoms with van der Waals surface area (Å²) in [5, 5.41) is 15.3. The van der Waals surface area contributed by atoms with Crippen molar-refractivity contribution in [3.63, 3.8) is 0 Å². The van der Waals surface area contributed by atoms with Gasteiger partial charge >= 0.3 is 6.09 Å². The van der Waals surface area contributed by atoms with Gasteiger partial charge in [0, 0.05) is 25.6 Å². The summed E-state index contributed by atoms with van der Waals surface area (Å²) in [6.45, 7) is 1.58. The van der Waals surface area contributed by atoms with Gasteiger partial charge in [0.25, 0.3) is 0 Å². The fourth-order valence-electron chi connectivity index (χ4n) is 4.54. The van der Waals surface area contributed by atoms with Gasteiger partial charge in [-0.3, -0.25) is 4.79 Å². The van der Waals surface area contributed by atoms with Gasteiger partial charge in [-0.15, -0.1) is 0 Å². The van der Waals surface area contributed by atoms with Crippen molar-refractivity contribution >= 4 is 29.3 Å². The minimum absolute atomic E-state index is 0.0321. The molecule has 5 N–H and O–H groups in total. The van der Waals surface area contributed by atoms with E-state index >= 15 is 0 Å². The average molecular weight is 456 g/mol. The number of anilines is 3. The van der Waals surface area contributed by atoms with Crippen LogP contribution in [-0.4, -0.2) is 70.1 Å². The molecule has 2 amide bonds. The number of nitrogens with zero attached hydrogens (tertiary/aromatic N) is 4. The Kier molecular flexibility index (Phi) is 5.85. The third kappa shape index (κ3) is 4.75. The van der Waals surface area contributed by atoms with Crippen molar-refractivity contribution in [1.82, 2.24) is 20.2 Å². The monoisotopic (exact) mass is 455 g/mol. The summed E-state index contributed by atoms with van der Waals surface area (Å²) in [5.41, 5.74) is 6.82. The zero-order valence-electron chi connectivity index (χ0n) is 18.4. The predicted molar refractivity (Wildman–Crippen MR) is 120 cm³/mol. The van der Waals surface area contributed by atoms with Gasteiger partial charge < -0.3 is 36.0 Å². The number of hydrogen-bond donors (Lipinski definition) is 4. The molecule has 11 nitrogen and oxygen atoms in total. The number of nitrogens with one attached hydrogen (secondary N) is 2. The average Bonchev–Trinajstić information content (AvgIpc) is 3.30. The Bertz CT molecular complexity index is 994. The number of hydrogen-bond acceptors (Lipinski definition) is 8. The number of carbonyl (C=O) groups is 2. The summed E-state index contributed by atoms with van der Waals surface area (Å²) in [6, 6.07) is 0.313. The minimum Gasteiger partial charge on any atom is -0.465 e. The number of nitrogen functional groups attached to an aromatic ring is 1. The fraction of sp³-hybridized carbons (Fsp3) is 0.636. The summed E-state index contributed by atoms with van der Waals surface area (Å²) < 4.78 is 6.05. The third-order valence-electron chi connectivity index (χ3n) is 6.65. The summed E-state index contributed by atoms with van der Waals surface area (Å²) in [4.78, 5) is 35.7. The molecule has 11 heteroatoms. The molecule has 2 unspecified atom stereocenters. The number of carboxylic acid groups (broad SMARTS) is 1. The first-order valence-electron chi connectivity index (χ1n) is 11.6. The van der Waals surface area contributed by atoms with Gasteiger partial charge in [-0.05, 0) is 50.4 Å². The number of piperidine rings is 1. The van der Waals surface area contributed by atoms with Crippen molar-refractivity contribution in [2.24, 2.45) is 5.92 Å². The zero-order chi connectivity index (χ0) is 22.9. The molecular formula is C22H29N7O4. The fourth-order valence-corrected chi connectivity index (χ4v) is 4.54. The topological polar surface area (TPSA) is 146 Å². The molecule has 3 fully saturated rings. The van der Waals surface area contributed by atoms with Crippen LogP contribution in [0.15, 0.2) is 0 Å². The van der Waals surface area contributed by atoms with Gasteiger partial charge in [-0.1, -0.05) is 5.92 Å². The highest BCUT2D eigenvalue weighted by Crippen LogP contribution is 2.37. The number of aromatic nitrogens is 2. The molecule has 0 bridgehead atoms. The van der Waals surface area contributed by atoms with Crippen LogP contribution in [0.3, 0.4) is 0 Å². The van der Waals surface area contributed by atoms with Gasteiger partial charge in [-0.25, -0.2) is 14.8 Å². The maximum absolute atomic E-state index is 12.3. The summed E-state index contributed by atoms with van der Waals surface area (Å²) in [7, 11) is 0. The molecule has 5 rings (SSSR count). The largest absolute Gasteiger partial charge is 0.465 e. The molecule has 1 aromatic rings. The van der Waals surface area contributed by atoms with Gasteiger partial charge in [0.2, 0.25) is 11.7 Å². The minimum atomic E-state index is -0.860. The number of ether oxygens (including phenoxy) is 1. The van der Waals surface area contributed by atoms with Crippen molar-refractivity contribution in [3.8, 4) is 11.8 Å². The number of carbonyl (C=O) groups excluding carboxylic acids is 1. The Morgan fingerprint density at radius 2 is 1.97 bits per heavy atom. The van der Waals surface area contributed by atoms with E-state index < -0.39 is 12.2 Å². The van der Waals surface area contributed by atoms with Crippen LogP contribution in [0.2, 0.25) is 0 Å². The van der Waals surface area contributed by atoms with Gasteiger partial charge in [-0.2, -0.15) is 0 Å². The molecule has 33 heavy (non-hydrogen) atoms. The molecule has 4 aliphatic rings. The number of nitrogens with two attached hydrogens (primary N) is 1. The SMILES string of the molecule is Nc1nc(C#CCC2CCN(C(=O)O)CC2)nc2c1NCN2C1CCC(C(=O)NC2CC2)O1. The highest BCUT2D eigenvalue weighted by molar-refractivity contribution is 5.82. The van der Waals surface area contributed by atoms with E-state index in [0.717, 1.165) is 32.1 Å². The Labute approximate surface area is 192 Å². The zero-order valence-corrected chi connectivity index (χ0v) is 18.4. The number of amides is 2. The Balaban J connectivity index is 1.22. The van der Waals surface area contributed by atoms with Crippen LogP contribution in [0.1, 0.15) is 50.8 Å². The molecule has 4 heterocycles. The van der Waals surface area contributed by atoms with Crippen LogP contribution in [0.25, 0.3) is 0 Å². The molecule has 1 aliphatic carbocycles. The molecular weight excluding hydrogens is 426 g/mol. The highest BCUT2D eigenvalue weighted by atomic mass is 16.5. The van der Waals surface area contributed by atoms with Crippen molar-refractivity contribution in [2.75, 3.05) is 35.7 Å². The Morgan fingerprint density at radius 3 is 2.70 bits per heavy atom. The van der Waals surface area contributed by atoms with E-state index in [1.807, 2.05) is 4.90 Å². The van der Waals surface area contributed by atoms with E-state index in [4.69, 9.17) is 15.6 Å². The summed E-state index contributed by atoms with van der Waals surface area (Å²) >= 11 is 0. The van der Waals surface area contributed by atoms with Crippen molar-refractivity contribution in [1.29, 1.82) is 0 Å². The molecule has 0 spiro atoms. The van der Waals surface area contributed by atoms with Crippen LogP contribution >= 0.6 is 0 Å². The first-order chi connectivity index (χ1) is 16.0. The number of rotatable bonds is 4. The van der Waals surface area contributed by atoms with E-state index in [0.29, 0.717) is 67.7 Å². The highest BCUT2D eigenvalue weighted by Gasteiger charge is 2.39. The normalized spacial score (nSPS) is 24.6. The number of fused-ring (bicyclic) bond motifs is 1. The van der Waals surface area contributed by atoms with Gasteiger partial charge in [0.05, 0.1) is 6.67 Å². The maximum atomic E-state index is 12.3. The Hall–Kier alpha value is -3.26. The lowest BCUT2D eigenvalue weighted by Gasteiger charge is -2.28. The molecule has 0 radical (unpaired) electrons. The second-order valence-electron chi connectivity index (χ2n) is 9.09. The van der Waals surface area contributed by atoms with E-state index in [1.54, 1.807) is 0 Å². The standard InChI is InChI=1S/C22H29N7O4/c23-19-18-20(27-16(26-19)3-1-2-13-8-10-28(11-9-13)22(31)32)29(12-24-18)17-7-6-15(33-17)21(30)25-14-4-5-14/h13-15,17,24H,2,4-12H2,(H,25,30)(H,31,32)(H2,23,26,27). The summed E-state index contributed by atoms with van der Waals surface area (Å²) in [5.74, 6) is 7.83. The van der Waals surface area contributed by atoms with Crippen molar-refractivity contribution < 1.29 is 19.4 Å². The van der Waals surface area contributed by atoms with E-state index in [-0.39, 0.29) is 12.1 Å². The third-order valence-corrected chi connectivity index (χ3v) is 6.65. The van der Waals surface area contributed by atoms with Crippen LogP contribution in [0, 0.1) is 17.8 Å². The first kappa shape index (κ1) is 21.6. The lowest BCUT2D eigenvalue weighted by Crippen LogP contribution is -2.40. The smallest absolute Gasteiger partial charge is 0.407 e. The Morgan fingerprint density at radius 1 is 1.18 bits per heavy atom. The molecule has 1 aromatic heterocycles. The molecule has 2 saturated heterocycles. The van der Waals surface area contributed by atoms with Crippen LogP contribution in [0.4, 0.5) is 22.1 Å². The maximum Gasteiger partial charge on any atom is 0.407 e. The lowest BCUT2D eigenvalue weighted by atomic mass is 9.94.